The Balaban J connectivity index is 1.93. The van der Waals surface area contributed by atoms with Gasteiger partial charge in [0.25, 0.3) is 0 Å². The van der Waals surface area contributed by atoms with Gasteiger partial charge in [0.1, 0.15) is 0 Å². The summed E-state index contributed by atoms with van der Waals surface area (Å²) in [7, 11) is 0. The number of benzene rings is 3. The normalized spacial score (nSPS) is 15.4. The summed E-state index contributed by atoms with van der Waals surface area (Å²) in [6.45, 7) is 0. The zero-order valence-electron chi connectivity index (χ0n) is 14.5. The average molecular weight is 345 g/mol. The molecule has 0 heterocycles. The van der Waals surface area contributed by atoms with Crippen molar-refractivity contribution in [2.24, 2.45) is 0 Å². The molecule has 0 aliphatic heterocycles. The lowest BCUT2D eigenvalue weighted by Crippen LogP contribution is -2.28. The van der Waals surface area contributed by atoms with E-state index in [1.807, 2.05) is 0 Å². The molecule has 1 saturated carbocycles. The van der Waals surface area contributed by atoms with Gasteiger partial charge in [-0.1, -0.05) is 104 Å². The van der Waals surface area contributed by atoms with Crippen LogP contribution in [-0.4, -0.2) is 5.25 Å². The smallest absolute Gasteiger partial charge is 0.0909 e. The van der Waals surface area contributed by atoms with E-state index in [1.54, 1.807) is 0 Å². The van der Waals surface area contributed by atoms with Crippen molar-refractivity contribution in [2.75, 3.05) is 0 Å². The van der Waals surface area contributed by atoms with Crippen molar-refractivity contribution in [3.63, 3.8) is 0 Å². The molecule has 4 rings (SSSR count). The largest absolute Gasteiger partial charge is 0.137 e. The van der Waals surface area contributed by atoms with Gasteiger partial charge in [-0.3, -0.25) is 0 Å². The van der Waals surface area contributed by atoms with Crippen molar-refractivity contribution < 1.29 is 0 Å². The van der Waals surface area contributed by atoms with Crippen LogP contribution in [0.2, 0.25) is 0 Å². The summed E-state index contributed by atoms with van der Waals surface area (Å²) in [6.07, 6.45) is 5.40. The molecule has 1 fully saturated rings. The van der Waals surface area contributed by atoms with Crippen LogP contribution in [0, 0.1) is 0 Å². The van der Waals surface area contributed by atoms with E-state index >= 15 is 0 Å². The molecule has 25 heavy (non-hydrogen) atoms. The van der Waals surface area contributed by atoms with Crippen LogP contribution in [-0.2, 0) is 4.75 Å². The SMILES string of the molecule is c1ccc(C(SC2CCCC2)(c2ccccc2)c2ccccc2)cc1. The highest BCUT2D eigenvalue weighted by Gasteiger charge is 2.39. The molecule has 0 nitrogen and oxygen atoms in total. The highest BCUT2D eigenvalue weighted by Crippen LogP contribution is 2.52. The number of rotatable bonds is 5. The molecule has 0 radical (unpaired) electrons. The monoisotopic (exact) mass is 344 g/mol. The van der Waals surface area contributed by atoms with Crippen molar-refractivity contribution in [3.05, 3.63) is 108 Å². The lowest BCUT2D eigenvalue weighted by atomic mass is 9.84. The van der Waals surface area contributed by atoms with Gasteiger partial charge in [0.05, 0.1) is 4.75 Å². The van der Waals surface area contributed by atoms with E-state index < -0.39 is 0 Å². The van der Waals surface area contributed by atoms with E-state index in [9.17, 15) is 0 Å². The van der Waals surface area contributed by atoms with E-state index in [2.05, 4.69) is 103 Å². The predicted molar refractivity (Wildman–Crippen MR) is 109 cm³/mol. The van der Waals surface area contributed by atoms with E-state index in [4.69, 9.17) is 0 Å². The van der Waals surface area contributed by atoms with E-state index in [0.29, 0.717) is 0 Å². The molecule has 3 aromatic rings. The summed E-state index contributed by atoms with van der Waals surface area (Å²) in [5, 5.41) is 0.723. The van der Waals surface area contributed by atoms with Crippen molar-refractivity contribution in [3.8, 4) is 0 Å². The molecule has 3 aromatic carbocycles. The van der Waals surface area contributed by atoms with Crippen LogP contribution in [0.4, 0.5) is 0 Å². The van der Waals surface area contributed by atoms with Crippen molar-refractivity contribution >= 4 is 11.8 Å². The molecule has 1 aliphatic rings. The van der Waals surface area contributed by atoms with Gasteiger partial charge < -0.3 is 0 Å². The van der Waals surface area contributed by atoms with Crippen molar-refractivity contribution in [1.82, 2.24) is 0 Å². The van der Waals surface area contributed by atoms with Gasteiger partial charge in [-0.05, 0) is 29.5 Å². The Morgan fingerprint density at radius 1 is 0.560 bits per heavy atom. The summed E-state index contributed by atoms with van der Waals surface area (Å²) in [6, 6.07) is 33.1. The Hall–Kier alpha value is -1.99. The zero-order chi connectivity index (χ0) is 17.0. The first-order valence-electron chi connectivity index (χ1n) is 9.24. The quantitative estimate of drug-likeness (QED) is 0.467. The minimum absolute atomic E-state index is 0.140. The first-order valence-corrected chi connectivity index (χ1v) is 10.1. The second-order valence-electron chi connectivity index (χ2n) is 6.80. The Morgan fingerprint density at radius 2 is 0.920 bits per heavy atom. The molecular weight excluding hydrogens is 320 g/mol. The average Bonchev–Trinajstić information content (AvgIpc) is 3.21. The molecule has 1 heteroatoms. The van der Waals surface area contributed by atoms with Gasteiger partial charge in [0.15, 0.2) is 0 Å². The maximum absolute atomic E-state index is 2.29. The third-order valence-electron chi connectivity index (χ3n) is 5.19. The number of hydrogen-bond acceptors (Lipinski definition) is 1. The molecule has 0 aromatic heterocycles. The van der Waals surface area contributed by atoms with Crippen molar-refractivity contribution in [1.29, 1.82) is 0 Å². The summed E-state index contributed by atoms with van der Waals surface area (Å²) in [4.78, 5) is 0. The van der Waals surface area contributed by atoms with E-state index in [0.717, 1.165) is 5.25 Å². The van der Waals surface area contributed by atoms with Crippen LogP contribution in [0.1, 0.15) is 42.4 Å². The lowest BCUT2D eigenvalue weighted by Gasteiger charge is -2.37. The minimum atomic E-state index is -0.140. The highest BCUT2D eigenvalue weighted by molar-refractivity contribution is 8.01. The third kappa shape index (κ3) is 3.26. The van der Waals surface area contributed by atoms with E-state index in [-0.39, 0.29) is 4.75 Å². The second-order valence-corrected chi connectivity index (χ2v) is 8.32. The topological polar surface area (TPSA) is 0 Å². The number of thioether (sulfide) groups is 1. The Bertz CT molecular complexity index is 677. The molecule has 0 N–H and O–H groups in total. The van der Waals surface area contributed by atoms with Crippen molar-refractivity contribution in [2.45, 2.75) is 35.7 Å². The fraction of sp³-hybridized carbons (Fsp3) is 0.250. The van der Waals surface area contributed by atoms with Gasteiger partial charge in [0.2, 0.25) is 0 Å². The second kappa shape index (κ2) is 7.49. The highest BCUT2D eigenvalue weighted by atomic mass is 32.2. The fourth-order valence-electron chi connectivity index (χ4n) is 3.98. The van der Waals surface area contributed by atoms with Crippen LogP contribution in [0.3, 0.4) is 0 Å². The minimum Gasteiger partial charge on any atom is -0.137 e. The van der Waals surface area contributed by atoms with Gasteiger partial charge in [-0.15, -0.1) is 11.8 Å². The first-order chi connectivity index (χ1) is 12.4. The van der Waals surface area contributed by atoms with Gasteiger partial charge in [-0.2, -0.15) is 0 Å². The maximum atomic E-state index is 2.29. The van der Waals surface area contributed by atoms with Crippen LogP contribution >= 0.6 is 11.8 Å². The lowest BCUT2D eigenvalue weighted by molar-refractivity contribution is 0.845. The third-order valence-corrected chi connectivity index (χ3v) is 7.05. The molecule has 0 atom stereocenters. The number of hydrogen-bond donors (Lipinski definition) is 0. The van der Waals surface area contributed by atoms with Crippen LogP contribution in [0.25, 0.3) is 0 Å². The fourth-order valence-corrected chi connectivity index (χ4v) is 5.86. The molecule has 0 amide bonds. The summed E-state index contributed by atoms with van der Waals surface area (Å²) in [5.41, 5.74) is 4.14. The Morgan fingerprint density at radius 3 is 1.28 bits per heavy atom. The molecule has 1 aliphatic carbocycles. The Labute approximate surface area is 155 Å². The summed E-state index contributed by atoms with van der Waals surface area (Å²) in [5.74, 6) is 0. The van der Waals surface area contributed by atoms with E-state index in [1.165, 1.54) is 42.4 Å². The molecule has 0 bridgehead atoms. The molecular formula is C24H24S. The molecule has 0 saturated heterocycles. The summed E-state index contributed by atoms with van der Waals surface area (Å²) >= 11 is 2.16. The van der Waals surface area contributed by atoms with Gasteiger partial charge in [-0.25, -0.2) is 0 Å². The van der Waals surface area contributed by atoms with Crippen LogP contribution in [0.15, 0.2) is 91.0 Å². The predicted octanol–water partition coefficient (Wildman–Crippen LogP) is 6.65. The maximum Gasteiger partial charge on any atom is 0.0909 e. The standard InChI is InChI=1S/C24H24S/c1-4-12-20(13-5-1)24(21-14-6-2-7-15-21,22-16-8-3-9-17-22)25-23-18-10-11-19-23/h1-9,12-17,23H,10-11,18-19H2. The van der Waals surface area contributed by atoms with Gasteiger partial charge in [0, 0.05) is 5.25 Å². The first kappa shape index (κ1) is 16.5. The molecule has 0 spiro atoms. The van der Waals surface area contributed by atoms with Crippen LogP contribution < -0.4 is 0 Å². The summed E-state index contributed by atoms with van der Waals surface area (Å²) < 4.78 is -0.140. The zero-order valence-corrected chi connectivity index (χ0v) is 15.3. The van der Waals surface area contributed by atoms with Crippen LogP contribution in [0.5, 0.6) is 0 Å². The molecule has 0 unspecified atom stereocenters. The molecule has 126 valence electrons. The van der Waals surface area contributed by atoms with Gasteiger partial charge >= 0.3 is 0 Å². The Kier molecular flexibility index (Phi) is 4.94.